The van der Waals surface area contributed by atoms with E-state index in [0.717, 1.165) is 41.1 Å². The van der Waals surface area contributed by atoms with Crippen LogP contribution in [0.2, 0.25) is 0 Å². The molecule has 0 radical (unpaired) electrons. The van der Waals surface area contributed by atoms with Crippen molar-refractivity contribution in [1.29, 1.82) is 0 Å². The van der Waals surface area contributed by atoms with Gasteiger partial charge in [-0.25, -0.2) is 0 Å². The van der Waals surface area contributed by atoms with Gasteiger partial charge in [-0.3, -0.25) is 0 Å². The number of furan rings is 1. The van der Waals surface area contributed by atoms with Gasteiger partial charge in [-0.1, -0.05) is 0 Å². The van der Waals surface area contributed by atoms with E-state index in [0.29, 0.717) is 0 Å². The van der Waals surface area contributed by atoms with Crippen molar-refractivity contribution in [3.8, 4) is 0 Å². The van der Waals surface area contributed by atoms with Gasteiger partial charge in [0, 0.05) is 11.6 Å². The lowest BCUT2D eigenvalue weighted by Gasteiger charge is -2.15. The normalized spacial score (nSPS) is 43.8. The van der Waals surface area contributed by atoms with Crippen molar-refractivity contribution in [2.45, 2.75) is 39.2 Å². The smallest absolute Gasteiger partial charge is 0.105 e. The molecule has 2 bridgehead atoms. The molecule has 3 fully saturated rings. The Morgan fingerprint density at radius 3 is 2.41 bits per heavy atom. The second kappa shape index (κ2) is 3.17. The minimum atomic E-state index is 0.228. The second-order valence-electron chi connectivity index (χ2n) is 6.46. The molecule has 2 N–H and O–H groups in total. The molecule has 1 aromatic rings. The van der Waals surface area contributed by atoms with Crippen molar-refractivity contribution >= 4 is 0 Å². The molecule has 0 aromatic carbocycles. The van der Waals surface area contributed by atoms with Gasteiger partial charge in [-0.05, 0) is 68.8 Å². The third kappa shape index (κ3) is 1.25. The lowest BCUT2D eigenvalue weighted by Crippen LogP contribution is -2.17. The summed E-state index contributed by atoms with van der Waals surface area (Å²) < 4.78 is 5.63. The molecule has 92 valence electrons. The third-order valence-electron chi connectivity index (χ3n) is 5.65. The molecule has 2 heteroatoms. The topological polar surface area (TPSA) is 39.2 Å². The average Bonchev–Trinajstić information content (AvgIpc) is 2.59. The Balaban J connectivity index is 1.59. The van der Waals surface area contributed by atoms with Crippen LogP contribution in [0, 0.1) is 43.4 Å². The molecule has 1 heterocycles. The first kappa shape index (κ1) is 10.2. The van der Waals surface area contributed by atoms with E-state index in [-0.39, 0.29) is 6.04 Å². The molecule has 0 saturated heterocycles. The van der Waals surface area contributed by atoms with Gasteiger partial charge < -0.3 is 10.2 Å². The molecule has 5 atom stereocenters. The van der Waals surface area contributed by atoms with Crippen LogP contribution in [0.25, 0.3) is 0 Å². The van der Waals surface area contributed by atoms with E-state index in [1.165, 1.54) is 24.8 Å². The zero-order chi connectivity index (χ0) is 11.7. The highest BCUT2D eigenvalue weighted by molar-refractivity contribution is 5.29. The molecule has 3 aliphatic carbocycles. The highest BCUT2D eigenvalue weighted by atomic mass is 16.3. The van der Waals surface area contributed by atoms with E-state index in [4.69, 9.17) is 10.2 Å². The third-order valence-corrected chi connectivity index (χ3v) is 5.65. The molecular formula is C15H21NO. The summed E-state index contributed by atoms with van der Waals surface area (Å²) in [5, 5.41) is 0. The zero-order valence-corrected chi connectivity index (χ0v) is 10.6. The second-order valence-corrected chi connectivity index (χ2v) is 6.46. The zero-order valence-electron chi connectivity index (χ0n) is 10.6. The Morgan fingerprint density at radius 2 is 1.88 bits per heavy atom. The number of rotatable bonds is 2. The first-order valence-electron chi connectivity index (χ1n) is 6.99. The van der Waals surface area contributed by atoms with E-state index in [2.05, 4.69) is 13.0 Å². The minimum Gasteiger partial charge on any atom is -0.466 e. The molecule has 0 spiro atoms. The summed E-state index contributed by atoms with van der Waals surface area (Å²) >= 11 is 0. The number of fused-ring (bicyclic) bond motifs is 5. The summed E-state index contributed by atoms with van der Waals surface area (Å²) in [4.78, 5) is 0. The maximum Gasteiger partial charge on any atom is 0.105 e. The number of hydrogen-bond acceptors (Lipinski definition) is 2. The number of nitrogens with two attached hydrogens (primary N) is 1. The summed E-state index contributed by atoms with van der Waals surface area (Å²) in [7, 11) is 0. The first-order valence-corrected chi connectivity index (χ1v) is 6.99. The van der Waals surface area contributed by atoms with Gasteiger partial charge in [0.2, 0.25) is 0 Å². The van der Waals surface area contributed by atoms with Crippen molar-refractivity contribution in [2.75, 3.05) is 0 Å². The van der Waals surface area contributed by atoms with Crippen LogP contribution in [0.5, 0.6) is 0 Å². The summed E-state index contributed by atoms with van der Waals surface area (Å²) in [6.45, 7) is 4.07. The summed E-state index contributed by atoms with van der Waals surface area (Å²) in [5.74, 6) is 6.73. The molecule has 3 aliphatic rings. The highest BCUT2D eigenvalue weighted by Gasteiger charge is 2.66. The van der Waals surface area contributed by atoms with Crippen LogP contribution in [0.1, 0.15) is 42.4 Å². The highest BCUT2D eigenvalue weighted by Crippen LogP contribution is 2.71. The van der Waals surface area contributed by atoms with Crippen molar-refractivity contribution < 1.29 is 4.42 Å². The first-order chi connectivity index (χ1) is 8.16. The monoisotopic (exact) mass is 231 g/mol. The Morgan fingerprint density at radius 1 is 1.24 bits per heavy atom. The summed E-state index contributed by atoms with van der Waals surface area (Å²) in [6, 6.07) is 2.38. The molecule has 4 rings (SSSR count). The molecule has 2 nitrogen and oxygen atoms in total. The van der Waals surface area contributed by atoms with Gasteiger partial charge in [0.05, 0.1) is 0 Å². The van der Waals surface area contributed by atoms with E-state index < -0.39 is 0 Å². The Bertz CT molecular complexity index is 447. The fourth-order valence-electron chi connectivity index (χ4n) is 5.06. The molecule has 0 amide bonds. The average molecular weight is 231 g/mol. The van der Waals surface area contributed by atoms with Gasteiger partial charge in [0.15, 0.2) is 0 Å². The van der Waals surface area contributed by atoms with Crippen molar-refractivity contribution in [3.63, 3.8) is 0 Å². The number of hydrogen-bond donors (Lipinski definition) is 1. The van der Waals surface area contributed by atoms with E-state index >= 15 is 0 Å². The van der Waals surface area contributed by atoms with Crippen LogP contribution in [-0.2, 0) is 0 Å². The van der Waals surface area contributed by atoms with Gasteiger partial charge in [0.25, 0.3) is 0 Å². The quantitative estimate of drug-likeness (QED) is 0.849. The molecule has 1 aromatic heterocycles. The fourth-order valence-corrected chi connectivity index (χ4v) is 5.06. The van der Waals surface area contributed by atoms with Crippen LogP contribution in [0.15, 0.2) is 10.5 Å². The SMILES string of the molecule is Cc1cc(C(N)C2C3C4CCC(C4)C32)c(C)o1. The van der Waals surface area contributed by atoms with Crippen molar-refractivity contribution in [2.24, 2.45) is 35.3 Å². The van der Waals surface area contributed by atoms with Crippen LogP contribution >= 0.6 is 0 Å². The maximum absolute atomic E-state index is 6.50. The molecule has 0 aliphatic heterocycles. The number of aryl methyl sites for hydroxylation is 2. The fraction of sp³-hybridized carbons (Fsp3) is 0.733. The van der Waals surface area contributed by atoms with Crippen LogP contribution in [0.3, 0.4) is 0 Å². The van der Waals surface area contributed by atoms with Gasteiger partial charge in [0.1, 0.15) is 11.5 Å². The predicted octanol–water partition coefficient (Wildman–Crippen LogP) is 3.19. The molecular weight excluding hydrogens is 210 g/mol. The van der Waals surface area contributed by atoms with Crippen molar-refractivity contribution in [3.05, 3.63) is 23.2 Å². The molecule has 17 heavy (non-hydrogen) atoms. The van der Waals surface area contributed by atoms with Crippen molar-refractivity contribution in [1.82, 2.24) is 0 Å². The molecule has 3 saturated carbocycles. The summed E-state index contributed by atoms with van der Waals surface area (Å²) in [5.41, 5.74) is 7.76. The summed E-state index contributed by atoms with van der Waals surface area (Å²) in [6.07, 6.45) is 4.44. The predicted molar refractivity (Wildman–Crippen MR) is 66.4 cm³/mol. The van der Waals surface area contributed by atoms with Crippen LogP contribution < -0.4 is 5.73 Å². The van der Waals surface area contributed by atoms with Gasteiger partial charge >= 0.3 is 0 Å². The Hall–Kier alpha value is -0.760. The van der Waals surface area contributed by atoms with E-state index in [1.807, 2.05) is 6.92 Å². The van der Waals surface area contributed by atoms with Crippen LogP contribution in [0.4, 0.5) is 0 Å². The minimum absolute atomic E-state index is 0.228. The Kier molecular flexibility index (Phi) is 1.90. The lowest BCUT2D eigenvalue weighted by atomic mass is 9.94. The van der Waals surface area contributed by atoms with Gasteiger partial charge in [-0.2, -0.15) is 0 Å². The van der Waals surface area contributed by atoms with Crippen LogP contribution in [-0.4, -0.2) is 0 Å². The largest absolute Gasteiger partial charge is 0.466 e. The van der Waals surface area contributed by atoms with Gasteiger partial charge in [-0.15, -0.1) is 0 Å². The maximum atomic E-state index is 6.50. The standard InChI is InChI=1S/C15H21NO/c1-7-5-11(8(2)17-7)15(16)14-12-9-3-4-10(6-9)13(12)14/h5,9-10,12-15H,3-4,6,16H2,1-2H3. The van der Waals surface area contributed by atoms with E-state index in [1.54, 1.807) is 0 Å². The van der Waals surface area contributed by atoms with E-state index in [9.17, 15) is 0 Å². The molecule has 5 unspecified atom stereocenters. The Labute approximate surface area is 103 Å². The lowest BCUT2D eigenvalue weighted by molar-refractivity contribution is 0.412.